The molecule has 1 N–H and O–H groups in total. The maximum Gasteiger partial charge on any atom is 0.342 e. The topological polar surface area (TPSA) is 41.2 Å². The number of nitrogens with zero attached hydrogens (tertiary/aromatic N) is 1. The zero-order valence-electron chi connectivity index (χ0n) is 10.8. The van der Waals surface area contributed by atoms with Crippen molar-refractivity contribution in [3.63, 3.8) is 0 Å². The minimum atomic E-state index is -0.905. The van der Waals surface area contributed by atoms with E-state index in [4.69, 9.17) is 0 Å². The minimum absolute atomic E-state index is 0.317. The highest BCUT2D eigenvalue weighted by molar-refractivity contribution is 5.90. The lowest BCUT2D eigenvalue weighted by atomic mass is 10.1. The Labute approximate surface area is 106 Å². The van der Waals surface area contributed by atoms with E-state index in [0.717, 1.165) is 11.4 Å². The van der Waals surface area contributed by atoms with Crippen LogP contribution in [-0.4, -0.2) is 11.1 Å². The SMILES string of the molecule is Cc1cc(C)[n+](-c2ccccc2C(=O)O)c(C)c1. The molecule has 1 aromatic heterocycles. The second kappa shape index (κ2) is 4.61. The van der Waals surface area contributed by atoms with Gasteiger partial charge < -0.3 is 5.11 Å². The Kier molecular flexibility index (Phi) is 3.15. The zero-order valence-corrected chi connectivity index (χ0v) is 10.8. The van der Waals surface area contributed by atoms with Crippen LogP contribution in [0, 0.1) is 20.8 Å². The van der Waals surface area contributed by atoms with Gasteiger partial charge in [0.15, 0.2) is 11.4 Å². The van der Waals surface area contributed by atoms with Crippen molar-refractivity contribution >= 4 is 5.97 Å². The average molecular weight is 242 g/mol. The Hall–Kier alpha value is -2.16. The number of carbonyl (C=O) groups is 1. The summed E-state index contributed by atoms with van der Waals surface area (Å²) >= 11 is 0. The van der Waals surface area contributed by atoms with Crippen molar-refractivity contribution in [2.45, 2.75) is 20.8 Å². The van der Waals surface area contributed by atoms with Crippen molar-refractivity contribution in [3.05, 3.63) is 58.9 Å². The fourth-order valence-corrected chi connectivity index (χ4v) is 2.34. The lowest BCUT2D eigenvalue weighted by molar-refractivity contribution is -0.609. The Morgan fingerprint density at radius 3 is 2.17 bits per heavy atom. The molecule has 92 valence electrons. The van der Waals surface area contributed by atoms with Gasteiger partial charge in [0.25, 0.3) is 0 Å². The summed E-state index contributed by atoms with van der Waals surface area (Å²) in [6, 6.07) is 11.2. The average Bonchev–Trinajstić information content (AvgIpc) is 2.28. The fourth-order valence-electron chi connectivity index (χ4n) is 2.34. The van der Waals surface area contributed by atoms with Gasteiger partial charge in [0, 0.05) is 32.0 Å². The van der Waals surface area contributed by atoms with Crippen LogP contribution >= 0.6 is 0 Å². The molecule has 0 amide bonds. The summed E-state index contributed by atoms with van der Waals surface area (Å²) < 4.78 is 1.97. The highest BCUT2D eigenvalue weighted by Gasteiger charge is 2.21. The molecule has 0 spiro atoms. The quantitative estimate of drug-likeness (QED) is 0.822. The number of aryl methyl sites for hydroxylation is 3. The number of para-hydroxylation sites is 1. The molecule has 2 aromatic rings. The maximum absolute atomic E-state index is 11.3. The number of benzene rings is 1. The lowest BCUT2D eigenvalue weighted by Gasteiger charge is -2.06. The van der Waals surface area contributed by atoms with E-state index in [-0.39, 0.29) is 0 Å². The monoisotopic (exact) mass is 242 g/mol. The first-order chi connectivity index (χ1) is 8.50. The van der Waals surface area contributed by atoms with Crippen LogP contribution in [0.15, 0.2) is 36.4 Å². The zero-order chi connectivity index (χ0) is 13.3. The predicted octanol–water partition coefficient (Wildman–Crippen LogP) is 2.59. The molecule has 0 radical (unpaired) electrons. The number of aromatic nitrogens is 1. The second-order valence-corrected chi connectivity index (χ2v) is 4.47. The highest BCUT2D eigenvalue weighted by atomic mass is 16.4. The molecule has 1 heterocycles. The van der Waals surface area contributed by atoms with Crippen molar-refractivity contribution in [1.82, 2.24) is 0 Å². The van der Waals surface area contributed by atoms with E-state index in [0.29, 0.717) is 11.3 Å². The molecule has 0 aliphatic heterocycles. The Morgan fingerprint density at radius 1 is 1.06 bits per heavy atom. The summed E-state index contributed by atoms with van der Waals surface area (Å²) in [6.07, 6.45) is 0. The smallest absolute Gasteiger partial charge is 0.342 e. The summed E-state index contributed by atoms with van der Waals surface area (Å²) in [6.45, 7) is 6.00. The fraction of sp³-hybridized carbons (Fsp3) is 0.200. The molecule has 18 heavy (non-hydrogen) atoms. The summed E-state index contributed by atoms with van der Waals surface area (Å²) in [5.74, 6) is -0.905. The number of aromatic carboxylic acids is 1. The summed E-state index contributed by atoms with van der Waals surface area (Å²) in [5, 5.41) is 9.25. The van der Waals surface area contributed by atoms with E-state index >= 15 is 0 Å². The Balaban J connectivity index is 2.74. The molecule has 1 aromatic carbocycles. The van der Waals surface area contributed by atoms with E-state index < -0.39 is 5.97 Å². The van der Waals surface area contributed by atoms with Crippen molar-refractivity contribution in [2.75, 3.05) is 0 Å². The number of carboxylic acids is 1. The first-order valence-electron chi connectivity index (χ1n) is 5.83. The van der Waals surface area contributed by atoms with Crippen molar-refractivity contribution in [2.24, 2.45) is 0 Å². The van der Waals surface area contributed by atoms with Gasteiger partial charge in [-0.1, -0.05) is 12.1 Å². The predicted molar refractivity (Wildman–Crippen MR) is 69.1 cm³/mol. The van der Waals surface area contributed by atoms with Crippen LogP contribution in [0.2, 0.25) is 0 Å². The third kappa shape index (κ3) is 2.12. The van der Waals surface area contributed by atoms with Crippen LogP contribution in [0.25, 0.3) is 5.69 Å². The van der Waals surface area contributed by atoms with Crippen LogP contribution in [0.1, 0.15) is 27.3 Å². The van der Waals surface area contributed by atoms with E-state index in [9.17, 15) is 9.90 Å². The molecule has 0 bridgehead atoms. The normalized spacial score (nSPS) is 10.4. The molecule has 0 unspecified atom stereocenters. The first-order valence-corrected chi connectivity index (χ1v) is 5.83. The van der Waals surface area contributed by atoms with Crippen molar-refractivity contribution in [1.29, 1.82) is 0 Å². The van der Waals surface area contributed by atoms with Gasteiger partial charge in [-0.2, -0.15) is 4.57 Å². The van der Waals surface area contributed by atoms with Gasteiger partial charge in [0.1, 0.15) is 5.56 Å². The van der Waals surface area contributed by atoms with Crippen LogP contribution < -0.4 is 4.57 Å². The van der Waals surface area contributed by atoms with Crippen LogP contribution in [-0.2, 0) is 0 Å². The van der Waals surface area contributed by atoms with Crippen LogP contribution in [0.3, 0.4) is 0 Å². The van der Waals surface area contributed by atoms with E-state index in [1.54, 1.807) is 12.1 Å². The van der Waals surface area contributed by atoms with Gasteiger partial charge in [-0.3, -0.25) is 0 Å². The van der Waals surface area contributed by atoms with Gasteiger partial charge in [-0.25, -0.2) is 4.79 Å². The van der Waals surface area contributed by atoms with Gasteiger partial charge in [-0.15, -0.1) is 0 Å². The molecular weight excluding hydrogens is 226 g/mol. The molecule has 0 atom stereocenters. The number of hydrogen-bond acceptors (Lipinski definition) is 1. The first kappa shape index (κ1) is 12.3. The lowest BCUT2D eigenvalue weighted by Crippen LogP contribution is -2.39. The summed E-state index contributed by atoms with van der Waals surface area (Å²) in [4.78, 5) is 11.3. The van der Waals surface area contributed by atoms with E-state index in [1.807, 2.05) is 49.6 Å². The summed E-state index contributed by atoms with van der Waals surface area (Å²) in [7, 11) is 0. The van der Waals surface area contributed by atoms with Crippen molar-refractivity contribution < 1.29 is 14.5 Å². The molecule has 0 aliphatic carbocycles. The Bertz CT molecular complexity index is 595. The third-order valence-electron chi connectivity index (χ3n) is 2.95. The van der Waals surface area contributed by atoms with E-state index in [1.165, 1.54) is 5.56 Å². The third-order valence-corrected chi connectivity index (χ3v) is 2.95. The number of carboxylic acid groups (broad SMARTS) is 1. The maximum atomic E-state index is 11.3. The molecule has 3 nitrogen and oxygen atoms in total. The van der Waals surface area contributed by atoms with E-state index in [2.05, 4.69) is 0 Å². The second-order valence-electron chi connectivity index (χ2n) is 4.47. The van der Waals surface area contributed by atoms with Gasteiger partial charge in [0.05, 0.1) is 0 Å². The van der Waals surface area contributed by atoms with Crippen molar-refractivity contribution in [3.8, 4) is 5.69 Å². The minimum Gasteiger partial charge on any atom is -0.477 e. The molecule has 0 fully saturated rings. The molecule has 0 aliphatic rings. The number of rotatable bonds is 2. The Morgan fingerprint density at radius 2 is 1.61 bits per heavy atom. The van der Waals surface area contributed by atoms with Gasteiger partial charge in [0.2, 0.25) is 5.69 Å². The molecule has 0 saturated carbocycles. The van der Waals surface area contributed by atoms with Gasteiger partial charge in [-0.05, 0) is 18.6 Å². The molecule has 2 rings (SSSR count). The molecular formula is C15H16NO2+. The van der Waals surface area contributed by atoms with Crippen LogP contribution in [0.5, 0.6) is 0 Å². The number of pyridine rings is 1. The molecule has 3 heteroatoms. The molecule has 0 saturated heterocycles. The van der Waals surface area contributed by atoms with Crippen LogP contribution in [0.4, 0.5) is 0 Å². The largest absolute Gasteiger partial charge is 0.477 e. The standard InChI is InChI=1S/C15H15NO2/c1-10-8-11(2)16(12(3)9-10)14-7-5-4-6-13(14)15(17)18/h4-9H,1-3H3/p+1. The highest BCUT2D eigenvalue weighted by Crippen LogP contribution is 2.12. The number of hydrogen-bond donors (Lipinski definition) is 1. The summed E-state index contributed by atoms with van der Waals surface area (Å²) in [5.41, 5.74) is 4.26. The van der Waals surface area contributed by atoms with Gasteiger partial charge >= 0.3 is 5.97 Å².